The molecule has 1 rings (SSSR count). The molecular formula is C7H4O6. The zero-order valence-electron chi connectivity index (χ0n) is 6.18. The molecule has 0 spiro atoms. The predicted molar refractivity (Wildman–Crippen MR) is 38.9 cm³/mol. The lowest BCUT2D eigenvalue weighted by Gasteiger charge is -1.96. The van der Waals surface area contributed by atoms with Crippen molar-refractivity contribution in [3.05, 3.63) is 33.9 Å². The van der Waals surface area contributed by atoms with Crippen molar-refractivity contribution in [1.82, 2.24) is 0 Å². The van der Waals surface area contributed by atoms with Crippen LogP contribution in [0.25, 0.3) is 0 Å². The van der Waals surface area contributed by atoms with Crippen molar-refractivity contribution < 1.29 is 24.2 Å². The Morgan fingerprint density at radius 3 is 2.23 bits per heavy atom. The highest BCUT2D eigenvalue weighted by molar-refractivity contribution is 6.01. The first-order valence-corrected chi connectivity index (χ1v) is 3.12. The van der Waals surface area contributed by atoms with Crippen LogP contribution < -0.4 is 5.63 Å². The van der Waals surface area contributed by atoms with Gasteiger partial charge in [-0.15, -0.1) is 0 Å². The van der Waals surface area contributed by atoms with Crippen LogP contribution in [0.5, 0.6) is 0 Å². The topological polar surface area (TPSA) is 105 Å². The Bertz CT molecular complexity index is 415. The maximum Gasteiger partial charge on any atom is 0.351 e. The van der Waals surface area contributed by atoms with Gasteiger partial charge in [0.1, 0.15) is 0 Å². The van der Waals surface area contributed by atoms with E-state index in [-0.39, 0.29) is 0 Å². The summed E-state index contributed by atoms with van der Waals surface area (Å²) in [5, 5.41) is 17.0. The van der Waals surface area contributed by atoms with Crippen molar-refractivity contribution in [1.29, 1.82) is 0 Å². The van der Waals surface area contributed by atoms with Crippen molar-refractivity contribution in [3.63, 3.8) is 0 Å². The molecule has 0 aliphatic heterocycles. The lowest BCUT2D eigenvalue weighted by atomic mass is 10.1. The van der Waals surface area contributed by atoms with Crippen molar-refractivity contribution in [2.24, 2.45) is 0 Å². The summed E-state index contributed by atoms with van der Waals surface area (Å²) in [5.74, 6) is -3.10. The number of carboxylic acids is 2. The minimum absolute atomic E-state index is 0.580. The summed E-state index contributed by atoms with van der Waals surface area (Å²) in [7, 11) is 0. The SMILES string of the molecule is O=C(O)c1ccoc(=O)c1C(=O)O. The number of rotatable bonds is 2. The molecule has 0 bridgehead atoms. The molecule has 0 atom stereocenters. The molecule has 0 saturated heterocycles. The Kier molecular flexibility index (Phi) is 2.14. The molecule has 13 heavy (non-hydrogen) atoms. The van der Waals surface area contributed by atoms with Gasteiger partial charge in [0.25, 0.3) is 0 Å². The van der Waals surface area contributed by atoms with Crippen LogP contribution in [-0.4, -0.2) is 22.2 Å². The smallest absolute Gasteiger partial charge is 0.351 e. The quantitative estimate of drug-likeness (QED) is 0.672. The highest BCUT2D eigenvalue weighted by atomic mass is 16.4. The first-order chi connectivity index (χ1) is 6.04. The molecule has 0 radical (unpaired) electrons. The maximum absolute atomic E-state index is 10.8. The van der Waals surface area contributed by atoms with Crippen molar-refractivity contribution >= 4 is 11.9 Å². The van der Waals surface area contributed by atoms with Gasteiger partial charge < -0.3 is 14.6 Å². The summed E-state index contributed by atoms with van der Waals surface area (Å²) in [6.07, 6.45) is 0.832. The number of carboxylic acid groups (broad SMARTS) is 2. The van der Waals surface area contributed by atoms with Gasteiger partial charge in [-0.3, -0.25) is 0 Å². The molecule has 1 aromatic rings. The molecule has 0 fully saturated rings. The molecule has 0 aromatic carbocycles. The van der Waals surface area contributed by atoms with Crippen LogP contribution >= 0.6 is 0 Å². The summed E-state index contributed by atoms with van der Waals surface area (Å²) >= 11 is 0. The van der Waals surface area contributed by atoms with E-state index in [1.54, 1.807) is 0 Å². The summed E-state index contributed by atoms with van der Waals surface area (Å²) < 4.78 is 4.21. The Hall–Kier alpha value is -2.11. The Morgan fingerprint density at radius 2 is 1.85 bits per heavy atom. The van der Waals surface area contributed by atoms with Gasteiger partial charge in [0.05, 0.1) is 11.8 Å². The van der Waals surface area contributed by atoms with E-state index >= 15 is 0 Å². The second-order valence-corrected chi connectivity index (χ2v) is 2.11. The highest BCUT2D eigenvalue weighted by Crippen LogP contribution is 2.03. The average molecular weight is 184 g/mol. The molecule has 1 heterocycles. The summed E-state index contributed by atoms with van der Waals surface area (Å²) in [4.78, 5) is 31.6. The predicted octanol–water partition coefficient (Wildman–Crippen LogP) is 0.0362. The van der Waals surface area contributed by atoms with Crippen LogP contribution in [0.15, 0.2) is 21.5 Å². The van der Waals surface area contributed by atoms with Gasteiger partial charge >= 0.3 is 17.6 Å². The minimum Gasteiger partial charge on any atom is -0.478 e. The third-order valence-corrected chi connectivity index (χ3v) is 1.33. The molecule has 0 aliphatic rings. The number of hydrogen-bond donors (Lipinski definition) is 2. The van der Waals surface area contributed by atoms with E-state index in [1.165, 1.54) is 0 Å². The van der Waals surface area contributed by atoms with Crippen LogP contribution in [-0.2, 0) is 0 Å². The van der Waals surface area contributed by atoms with Gasteiger partial charge in [-0.25, -0.2) is 14.4 Å². The van der Waals surface area contributed by atoms with Crippen LogP contribution in [0.3, 0.4) is 0 Å². The highest BCUT2D eigenvalue weighted by Gasteiger charge is 2.20. The van der Waals surface area contributed by atoms with Crippen molar-refractivity contribution in [2.75, 3.05) is 0 Å². The molecule has 68 valence electrons. The van der Waals surface area contributed by atoms with Crippen LogP contribution in [0.2, 0.25) is 0 Å². The fraction of sp³-hybridized carbons (Fsp3) is 0. The van der Waals surface area contributed by atoms with Crippen LogP contribution in [0.4, 0.5) is 0 Å². The lowest BCUT2D eigenvalue weighted by Crippen LogP contribution is -2.19. The molecule has 1 aromatic heterocycles. The summed E-state index contributed by atoms with van der Waals surface area (Å²) in [5.41, 5.74) is -2.62. The van der Waals surface area contributed by atoms with Gasteiger partial charge in [-0.1, -0.05) is 0 Å². The first-order valence-electron chi connectivity index (χ1n) is 3.12. The van der Waals surface area contributed by atoms with Gasteiger partial charge in [-0.2, -0.15) is 0 Å². The molecule has 6 nitrogen and oxygen atoms in total. The van der Waals surface area contributed by atoms with E-state index in [0.29, 0.717) is 0 Å². The number of hydrogen-bond acceptors (Lipinski definition) is 4. The van der Waals surface area contributed by atoms with Crippen molar-refractivity contribution in [3.8, 4) is 0 Å². The van der Waals surface area contributed by atoms with E-state index in [9.17, 15) is 14.4 Å². The third-order valence-electron chi connectivity index (χ3n) is 1.33. The monoisotopic (exact) mass is 184 g/mol. The van der Waals surface area contributed by atoms with Crippen LogP contribution in [0, 0.1) is 0 Å². The molecule has 2 N–H and O–H groups in total. The van der Waals surface area contributed by atoms with E-state index < -0.39 is 28.7 Å². The zero-order valence-corrected chi connectivity index (χ0v) is 6.18. The molecule has 0 unspecified atom stereocenters. The van der Waals surface area contributed by atoms with E-state index in [1.807, 2.05) is 0 Å². The lowest BCUT2D eigenvalue weighted by molar-refractivity contribution is 0.0646. The van der Waals surface area contributed by atoms with E-state index in [2.05, 4.69) is 4.42 Å². The maximum atomic E-state index is 10.8. The fourth-order valence-electron chi connectivity index (χ4n) is 0.797. The first kappa shape index (κ1) is 8.98. The Morgan fingerprint density at radius 1 is 1.23 bits per heavy atom. The molecule has 0 amide bonds. The largest absolute Gasteiger partial charge is 0.478 e. The van der Waals surface area contributed by atoms with Gasteiger partial charge in [-0.05, 0) is 6.07 Å². The van der Waals surface area contributed by atoms with Crippen LogP contribution in [0.1, 0.15) is 20.7 Å². The standard InChI is InChI=1S/C7H4O6/c8-5(9)3-1-2-13-7(12)4(3)6(10)11/h1-2H,(H,8,9)(H,10,11). The Labute approximate surface area is 71.0 Å². The van der Waals surface area contributed by atoms with Gasteiger partial charge in [0, 0.05) is 0 Å². The summed E-state index contributed by atoms with van der Waals surface area (Å²) in [6, 6.07) is 0.910. The zero-order chi connectivity index (χ0) is 10.0. The summed E-state index contributed by atoms with van der Waals surface area (Å²) in [6.45, 7) is 0. The van der Waals surface area contributed by atoms with E-state index in [0.717, 1.165) is 12.3 Å². The molecule has 0 aliphatic carbocycles. The molecule has 6 heteroatoms. The average Bonchev–Trinajstić information content (AvgIpc) is 2.02. The normalized spacial score (nSPS) is 9.54. The second kappa shape index (κ2) is 3.10. The number of carbonyl (C=O) groups is 2. The van der Waals surface area contributed by atoms with Gasteiger partial charge in [0.2, 0.25) is 0 Å². The van der Waals surface area contributed by atoms with E-state index in [4.69, 9.17) is 10.2 Å². The number of aromatic carboxylic acids is 2. The second-order valence-electron chi connectivity index (χ2n) is 2.11. The minimum atomic E-state index is -1.62. The molecular weight excluding hydrogens is 180 g/mol. The van der Waals surface area contributed by atoms with Crippen molar-refractivity contribution in [2.45, 2.75) is 0 Å². The molecule has 0 saturated carbocycles. The fourth-order valence-corrected chi connectivity index (χ4v) is 0.797. The van der Waals surface area contributed by atoms with Gasteiger partial charge in [0.15, 0.2) is 5.56 Å². The third kappa shape index (κ3) is 1.56. The Balaban J connectivity index is 3.52.